The molecule has 0 aromatic carbocycles. The van der Waals surface area contributed by atoms with Gasteiger partial charge in [0.1, 0.15) is 0 Å². The first-order valence-corrected chi connectivity index (χ1v) is 5.69. The van der Waals surface area contributed by atoms with Crippen molar-refractivity contribution in [3.05, 3.63) is 0 Å². The van der Waals surface area contributed by atoms with E-state index in [0.29, 0.717) is 6.42 Å². The average Bonchev–Trinajstić information content (AvgIpc) is 2.66. The molecule has 6 unspecified atom stereocenters. The maximum absolute atomic E-state index is 13.9. The first-order valence-electron chi connectivity index (χ1n) is 5.69. The van der Waals surface area contributed by atoms with Crippen LogP contribution in [0.15, 0.2) is 0 Å². The van der Waals surface area contributed by atoms with Gasteiger partial charge in [-0.05, 0) is 31.1 Å². The van der Waals surface area contributed by atoms with Crippen LogP contribution in [0.25, 0.3) is 0 Å². The Morgan fingerprint density at radius 2 is 2.13 bits per heavy atom. The molecule has 5 rings (SSSR count). The fourth-order valence-electron chi connectivity index (χ4n) is 4.63. The van der Waals surface area contributed by atoms with Crippen LogP contribution in [-0.4, -0.2) is 18.0 Å². The van der Waals surface area contributed by atoms with Gasteiger partial charge in [-0.1, -0.05) is 0 Å². The van der Waals surface area contributed by atoms with Crippen molar-refractivity contribution in [2.75, 3.05) is 0 Å². The zero-order chi connectivity index (χ0) is 10.4. The molecule has 0 aromatic heterocycles. The fourth-order valence-corrected chi connectivity index (χ4v) is 4.63. The summed E-state index contributed by atoms with van der Waals surface area (Å²) in [5.41, 5.74) is 0. The quantitative estimate of drug-likeness (QED) is 0.575. The second-order valence-corrected chi connectivity index (χ2v) is 5.48. The van der Waals surface area contributed by atoms with Gasteiger partial charge >= 0.3 is 5.97 Å². The summed E-state index contributed by atoms with van der Waals surface area (Å²) in [5, 5.41) is 0. The molecule has 0 radical (unpaired) electrons. The van der Waals surface area contributed by atoms with Crippen LogP contribution in [-0.2, 0) is 9.53 Å². The Kier molecular flexibility index (Phi) is 1.25. The van der Waals surface area contributed by atoms with Crippen molar-refractivity contribution in [3.63, 3.8) is 0 Å². The van der Waals surface area contributed by atoms with Crippen molar-refractivity contribution in [1.82, 2.24) is 0 Å². The van der Waals surface area contributed by atoms with Crippen LogP contribution >= 0.6 is 0 Å². The molecule has 82 valence electrons. The number of halogens is 2. The van der Waals surface area contributed by atoms with E-state index >= 15 is 0 Å². The molecule has 4 bridgehead atoms. The highest BCUT2D eigenvalue weighted by atomic mass is 19.3. The van der Waals surface area contributed by atoms with Gasteiger partial charge in [0.15, 0.2) is 6.10 Å². The minimum atomic E-state index is -2.76. The lowest BCUT2D eigenvalue weighted by Gasteiger charge is -2.44. The molecule has 2 nitrogen and oxygen atoms in total. The number of rotatable bonds is 0. The Morgan fingerprint density at radius 3 is 2.93 bits per heavy atom. The minimum absolute atomic E-state index is 0.0476. The van der Waals surface area contributed by atoms with Gasteiger partial charge < -0.3 is 4.74 Å². The molecule has 5 aliphatic rings. The Bertz CT molecular complexity index is 354. The summed E-state index contributed by atoms with van der Waals surface area (Å²) < 4.78 is 32.8. The SMILES string of the molecule is O=C1OC2C3C4CCC(CC4C2(F)F)C13. The molecule has 0 N–H and O–H groups in total. The Labute approximate surface area is 86.0 Å². The van der Waals surface area contributed by atoms with Crippen molar-refractivity contribution in [2.45, 2.75) is 31.3 Å². The predicted octanol–water partition coefficient (Wildman–Crippen LogP) is 1.84. The molecule has 1 saturated heterocycles. The molecule has 1 aliphatic heterocycles. The molecule has 6 atom stereocenters. The van der Waals surface area contributed by atoms with Crippen molar-refractivity contribution in [2.24, 2.45) is 29.6 Å². The van der Waals surface area contributed by atoms with Crippen LogP contribution in [0.4, 0.5) is 8.78 Å². The van der Waals surface area contributed by atoms with Crippen molar-refractivity contribution >= 4 is 5.97 Å². The molecular formula is C11H12F2O2. The Balaban J connectivity index is 1.90. The van der Waals surface area contributed by atoms with Crippen LogP contribution in [0.1, 0.15) is 19.3 Å². The predicted molar refractivity (Wildman–Crippen MR) is 46.1 cm³/mol. The van der Waals surface area contributed by atoms with Crippen molar-refractivity contribution in [1.29, 1.82) is 0 Å². The van der Waals surface area contributed by atoms with E-state index in [1.807, 2.05) is 0 Å². The topological polar surface area (TPSA) is 26.3 Å². The lowest BCUT2D eigenvalue weighted by Crippen LogP contribution is -2.44. The number of ether oxygens (including phenoxy) is 1. The average molecular weight is 214 g/mol. The summed E-state index contributed by atoms with van der Waals surface area (Å²) >= 11 is 0. The maximum atomic E-state index is 13.9. The molecule has 4 saturated carbocycles. The third kappa shape index (κ3) is 0.733. The first kappa shape index (κ1) is 8.48. The van der Waals surface area contributed by atoms with Gasteiger partial charge in [-0.25, -0.2) is 8.78 Å². The Morgan fingerprint density at radius 1 is 1.33 bits per heavy atom. The molecule has 0 amide bonds. The zero-order valence-electron chi connectivity index (χ0n) is 8.16. The number of fused-ring (bicyclic) bond motifs is 1. The smallest absolute Gasteiger partial charge is 0.310 e. The van der Waals surface area contributed by atoms with Crippen molar-refractivity contribution < 1.29 is 18.3 Å². The van der Waals surface area contributed by atoms with Crippen LogP contribution < -0.4 is 0 Å². The van der Waals surface area contributed by atoms with Crippen LogP contribution in [0.3, 0.4) is 0 Å². The lowest BCUT2D eigenvalue weighted by atomic mass is 9.58. The summed E-state index contributed by atoms with van der Waals surface area (Å²) in [5.74, 6) is -3.74. The zero-order valence-corrected chi connectivity index (χ0v) is 8.16. The van der Waals surface area contributed by atoms with Gasteiger partial charge in [0.2, 0.25) is 0 Å². The largest absolute Gasteiger partial charge is 0.455 e. The molecule has 1 heterocycles. The van der Waals surface area contributed by atoms with Gasteiger partial charge in [-0.15, -0.1) is 0 Å². The normalized spacial score (nSPS) is 58.4. The number of hydrogen-bond donors (Lipinski definition) is 0. The van der Waals surface area contributed by atoms with E-state index in [4.69, 9.17) is 4.74 Å². The van der Waals surface area contributed by atoms with Gasteiger partial charge in [-0.2, -0.15) is 0 Å². The second-order valence-electron chi connectivity index (χ2n) is 5.48. The third-order valence-corrected chi connectivity index (χ3v) is 5.10. The Hall–Kier alpha value is -0.670. The van der Waals surface area contributed by atoms with Crippen LogP contribution in [0.5, 0.6) is 0 Å². The summed E-state index contributed by atoms with van der Waals surface area (Å²) in [6, 6.07) is 0. The highest BCUT2D eigenvalue weighted by molar-refractivity contribution is 5.77. The maximum Gasteiger partial charge on any atom is 0.310 e. The van der Waals surface area contributed by atoms with E-state index in [1.54, 1.807) is 0 Å². The van der Waals surface area contributed by atoms with E-state index in [2.05, 4.69) is 0 Å². The summed E-state index contributed by atoms with van der Waals surface area (Å²) in [6.45, 7) is 0. The lowest BCUT2D eigenvalue weighted by molar-refractivity contribution is -0.176. The molecular weight excluding hydrogens is 202 g/mol. The number of alkyl halides is 2. The minimum Gasteiger partial charge on any atom is -0.455 e. The number of esters is 1. The number of hydrogen-bond acceptors (Lipinski definition) is 2. The fraction of sp³-hybridized carbons (Fsp3) is 0.909. The first-order chi connectivity index (χ1) is 7.10. The van der Waals surface area contributed by atoms with Crippen molar-refractivity contribution in [3.8, 4) is 0 Å². The molecule has 15 heavy (non-hydrogen) atoms. The van der Waals surface area contributed by atoms with Crippen LogP contribution in [0, 0.1) is 29.6 Å². The van der Waals surface area contributed by atoms with E-state index in [1.165, 1.54) is 0 Å². The third-order valence-electron chi connectivity index (χ3n) is 5.10. The summed E-state index contributed by atoms with van der Waals surface area (Å²) in [6.07, 6.45) is 1.28. The molecule has 4 aliphatic carbocycles. The van der Waals surface area contributed by atoms with Crippen LogP contribution in [0.2, 0.25) is 0 Å². The van der Waals surface area contributed by atoms with E-state index < -0.39 is 17.9 Å². The van der Waals surface area contributed by atoms with E-state index in [9.17, 15) is 13.6 Å². The van der Waals surface area contributed by atoms with Gasteiger partial charge in [0.25, 0.3) is 5.92 Å². The van der Waals surface area contributed by atoms with Gasteiger partial charge in [-0.3, -0.25) is 4.79 Å². The highest BCUT2D eigenvalue weighted by Crippen LogP contribution is 2.67. The second kappa shape index (κ2) is 2.20. The van der Waals surface area contributed by atoms with Gasteiger partial charge in [0.05, 0.1) is 5.92 Å². The van der Waals surface area contributed by atoms with Gasteiger partial charge in [0, 0.05) is 11.8 Å². The van der Waals surface area contributed by atoms with E-state index in [-0.39, 0.29) is 29.6 Å². The summed E-state index contributed by atoms with van der Waals surface area (Å²) in [7, 11) is 0. The van der Waals surface area contributed by atoms with E-state index in [0.717, 1.165) is 12.8 Å². The number of carbonyl (C=O) groups excluding carboxylic acids is 1. The number of carbonyl (C=O) groups is 1. The molecule has 5 fully saturated rings. The summed E-state index contributed by atoms with van der Waals surface area (Å²) in [4.78, 5) is 11.6. The molecule has 4 heteroatoms. The molecule has 0 aromatic rings. The highest BCUT2D eigenvalue weighted by Gasteiger charge is 2.75. The molecule has 0 spiro atoms. The standard InChI is InChI=1S/C11H12F2O2/c12-11(13)6-3-4-1-2-5(6)8-7(4)10(14)15-9(8)11/h4-9H,1-3H2. The monoisotopic (exact) mass is 214 g/mol.